The number of hydrogen-bond acceptors (Lipinski definition) is 5. The highest BCUT2D eigenvalue weighted by Crippen LogP contribution is 2.25. The molecule has 6 nitrogen and oxygen atoms in total. The number of hydrogen-bond donors (Lipinski definition) is 1. The van der Waals surface area contributed by atoms with E-state index in [-0.39, 0.29) is 0 Å². The molecular formula is C14H20N6. The molecule has 2 aromatic heterocycles. The molecule has 106 valence electrons. The van der Waals surface area contributed by atoms with Crippen molar-refractivity contribution in [1.82, 2.24) is 19.7 Å². The zero-order valence-electron chi connectivity index (χ0n) is 12.0. The minimum absolute atomic E-state index is 0.433. The summed E-state index contributed by atoms with van der Waals surface area (Å²) in [7, 11) is 0. The van der Waals surface area contributed by atoms with Gasteiger partial charge in [-0.3, -0.25) is 9.67 Å². The predicted octanol–water partition coefficient (Wildman–Crippen LogP) is 1.71. The first kappa shape index (κ1) is 12.9. The summed E-state index contributed by atoms with van der Waals surface area (Å²) in [6.07, 6.45) is 5.94. The van der Waals surface area contributed by atoms with E-state index >= 15 is 0 Å². The van der Waals surface area contributed by atoms with Crippen LogP contribution in [0.5, 0.6) is 0 Å². The number of nitrogens with two attached hydrogens (primary N) is 1. The van der Waals surface area contributed by atoms with Crippen molar-refractivity contribution in [3.8, 4) is 0 Å². The van der Waals surface area contributed by atoms with Gasteiger partial charge in [-0.25, -0.2) is 4.98 Å². The average Bonchev–Trinajstić information content (AvgIpc) is 2.89. The average molecular weight is 272 g/mol. The molecule has 20 heavy (non-hydrogen) atoms. The molecule has 0 aliphatic carbocycles. The lowest BCUT2D eigenvalue weighted by Gasteiger charge is -2.32. The molecule has 0 saturated carbocycles. The van der Waals surface area contributed by atoms with Crippen molar-refractivity contribution < 1.29 is 0 Å². The van der Waals surface area contributed by atoms with Crippen LogP contribution >= 0.6 is 0 Å². The molecule has 1 saturated heterocycles. The minimum atomic E-state index is 0.433. The Morgan fingerprint density at radius 3 is 2.55 bits per heavy atom. The summed E-state index contributed by atoms with van der Waals surface area (Å²) in [5, 5.41) is 4.31. The summed E-state index contributed by atoms with van der Waals surface area (Å²) in [5.41, 5.74) is 7.67. The molecule has 0 radical (unpaired) electrons. The molecule has 3 rings (SSSR count). The van der Waals surface area contributed by atoms with Gasteiger partial charge in [-0.05, 0) is 32.8 Å². The molecule has 2 aromatic rings. The fraction of sp³-hybridized carbons (Fsp3) is 0.500. The molecule has 1 aliphatic heterocycles. The van der Waals surface area contributed by atoms with Crippen molar-refractivity contribution >= 4 is 11.6 Å². The van der Waals surface area contributed by atoms with Crippen molar-refractivity contribution in [3.05, 3.63) is 29.8 Å². The molecule has 1 fully saturated rings. The van der Waals surface area contributed by atoms with Crippen LogP contribution in [0.4, 0.5) is 11.6 Å². The SMILES string of the molecule is Cc1ncc(N2CCC(n3ccc(N)n3)CC2)nc1C. The van der Waals surface area contributed by atoms with E-state index in [0.717, 1.165) is 43.1 Å². The summed E-state index contributed by atoms with van der Waals surface area (Å²) in [5.74, 6) is 1.57. The molecule has 2 N–H and O–H groups in total. The van der Waals surface area contributed by atoms with E-state index in [1.54, 1.807) is 0 Å². The summed E-state index contributed by atoms with van der Waals surface area (Å²) in [6.45, 7) is 5.94. The molecule has 0 spiro atoms. The molecule has 3 heterocycles. The predicted molar refractivity (Wildman–Crippen MR) is 78.6 cm³/mol. The van der Waals surface area contributed by atoms with Crippen molar-refractivity contribution in [2.24, 2.45) is 0 Å². The van der Waals surface area contributed by atoms with E-state index in [2.05, 4.69) is 20.0 Å². The van der Waals surface area contributed by atoms with Gasteiger partial charge in [-0.15, -0.1) is 0 Å². The maximum Gasteiger partial charge on any atom is 0.147 e. The number of nitrogen functional groups attached to an aromatic ring is 1. The first-order valence-electron chi connectivity index (χ1n) is 6.99. The van der Waals surface area contributed by atoms with Crippen LogP contribution < -0.4 is 10.6 Å². The molecule has 0 amide bonds. The van der Waals surface area contributed by atoms with E-state index in [9.17, 15) is 0 Å². The Balaban J connectivity index is 1.67. The highest BCUT2D eigenvalue weighted by molar-refractivity contribution is 5.38. The first-order chi connectivity index (χ1) is 9.63. The molecule has 6 heteroatoms. The molecule has 0 aromatic carbocycles. The normalized spacial score (nSPS) is 16.6. The van der Waals surface area contributed by atoms with Crippen LogP contribution in [0.1, 0.15) is 30.3 Å². The van der Waals surface area contributed by atoms with Crippen LogP contribution in [-0.2, 0) is 0 Å². The van der Waals surface area contributed by atoms with Crippen LogP contribution in [0.3, 0.4) is 0 Å². The van der Waals surface area contributed by atoms with Crippen LogP contribution in [0.2, 0.25) is 0 Å². The third-order valence-electron chi connectivity index (χ3n) is 3.97. The van der Waals surface area contributed by atoms with Crippen LogP contribution in [-0.4, -0.2) is 32.8 Å². The fourth-order valence-corrected chi connectivity index (χ4v) is 2.60. The van der Waals surface area contributed by atoms with Crippen molar-refractivity contribution in [1.29, 1.82) is 0 Å². The second kappa shape index (κ2) is 5.11. The summed E-state index contributed by atoms with van der Waals surface area (Å²) in [6, 6.07) is 2.28. The minimum Gasteiger partial charge on any atom is -0.382 e. The van der Waals surface area contributed by atoms with Crippen LogP contribution in [0.25, 0.3) is 0 Å². The maximum atomic E-state index is 5.67. The number of rotatable bonds is 2. The van der Waals surface area contributed by atoms with E-state index in [4.69, 9.17) is 5.73 Å². The van der Waals surface area contributed by atoms with E-state index in [0.29, 0.717) is 11.9 Å². The van der Waals surface area contributed by atoms with Crippen molar-refractivity contribution in [2.45, 2.75) is 32.7 Å². The molecule has 0 unspecified atom stereocenters. The quantitative estimate of drug-likeness (QED) is 0.901. The van der Waals surface area contributed by atoms with Crippen LogP contribution in [0, 0.1) is 13.8 Å². The zero-order chi connectivity index (χ0) is 14.1. The number of aromatic nitrogens is 4. The standard InChI is InChI=1S/C14H20N6/c1-10-11(2)17-14(9-16-10)19-6-3-12(4-7-19)20-8-5-13(15)18-20/h5,8-9,12H,3-4,6-7H2,1-2H3,(H2,15,18). The molecule has 0 bridgehead atoms. The van der Waals surface area contributed by atoms with Gasteiger partial charge in [0.15, 0.2) is 0 Å². The van der Waals surface area contributed by atoms with E-state index < -0.39 is 0 Å². The third kappa shape index (κ3) is 2.45. The van der Waals surface area contributed by atoms with Crippen molar-refractivity contribution in [2.75, 3.05) is 23.7 Å². The monoisotopic (exact) mass is 272 g/mol. The Bertz CT molecular complexity index is 597. The Morgan fingerprint density at radius 1 is 1.20 bits per heavy atom. The lowest BCUT2D eigenvalue weighted by Crippen LogP contribution is -2.35. The molecule has 1 aliphatic rings. The van der Waals surface area contributed by atoms with Gasteiger partial charge in [0, 0.05) is 19.3 Å². The Kier molecular flexibility index (Phi) is 3.30. The van der Waals surface area contributed by atoms with Gasteiger partial charge in [0.2, 0.25) is 0 Å². The summed E-state index contributed by atoms with van der Waals surface area (Å²) in [4.78, 5) is 11.3. The third-order valence-corrected chi connectivity index (χ3v) is 3.97. The van der Waals surface area contributed by atoms with E-state index in [1.165, 1.54) is 0 Å². The zero-order valence-corrected chi connectivity index (χ0v) is 12.0. The number of nitrogens with zero attached hydrogens (tertiary/aromatic N) is 5. The topological polar surface area (TPSA) is 72.9 Å². The number of anilines is 2. The fourth-order valence-electron chi connectivity index (χ4n) is 2.60. The largest absolute Gasteiger partial charge is 0.382 e. The van der Waals surface area contributed by atoms with Gasteiger partial charge in [0.05, 0.1) is 23.6 Å². The lowest BCUT2D eigenvalue weighted by molar-refractivity contribution is 0.366. The Hall–Kier alpha value is -2.11. The van der Waals surface area contributed by atoms with E-state index in [1.807, 2.05) is 37.0 Å². The summed E-state index contributed by atoms with van der Waals surface area (Å²) < 4.78 is 1.98. The Morgan fingerprint density at radius 2 is 1.95 bits per heavy atom. The number of aryl methyl sites for hydroxylation is 2. The van der Waals surface area contributed by atoms with Gasteiger partial charge < -0.3 is 10.6 Å². The second-order valence-electron chi connectivity index (χ2n) is 5.34. The first-order valence-corrected chi connectivity index (χ1v) is 6.99. The van der Waals surface area contributed by atoms with Gasteiger partial charge >= 0.3 is 0 Å². The maximum absolute atomic E-state index is 5.67. The second-order valence-corrected chi connectivity index (χ2v) is 5.34. The van der Waals surface area contributed by atoms with Crippen molar-refractivity contribution in [3.63, 3.8) is 0 Å². The smallest absolute Gasteiger partial charge is 0.147 e. The van der Waals surface area contributed by atoms with Gasteiger partial charge in [-0.1, -0.05) is 0 Å². The van der Waals surface area contributed by atoms with Gasteiger partial charge in [0.1, 0.15) is 11.6 Å². The number of piperidine rings is 1. The Labute approximate surface area is 118 Å². The van der Waals surface area contributed by atoms with Gasteiger partial charge in [0.25, 0.3) is 0 Å². The van der Waals surface area contributed by atoms with Crippen LogP contribution in [0.15, 0.2) is 18.5 Å². The molecular weight excluding hydrogens is 252 g/mol. The summed E-state index contributed by atoms with van der Waals surface area (Å²) >= 11 is 0. The highest BCUT2D eigenvalue weighted by atomic mass is 15.3. The molecule has 0 atom stereocenters. The lowest BCUT2D eigenvalue weighted by atomic mass is 10.1. The highest BCUT2D eigenvalue weighted by Gasteiger charge is 2.22. The van der Waals surface area contributed by atoms with Gasteiger partial charge in [-0.2, -0.15) is 5.10 Å².